The first kappa shape index (κ1) is 19.1. The van der Waals surface area contributed by atoms with E-state index in [1.54, 1.807) is 12.0 Å². The quantitative estimate of drug-likeness (QED) is 0.796. The van der Waals surface area contributed by atoms with Crippen LogP contribution in [-0.4, -0.2) is 43.1 Å². The number of amides is 3. The molecule has 2 N–H and O–H groups in total. The number of benzene rings is 1. The maximum atomic E-state index is 12.6. The summed E-state index contributed by atoms with van der Waals surface area (Å²) in [4.78, 5) is 26.8. The van der Waals surface area contributed by atoms with Crippen LogP contribution in [0.3, 0.4) is 0 Å². The molecular formula is C19H29N3O3. The Hall–Kier alpha value is -2.24. The van der Waals surface area contributed by atoms with Crippen molar-refractivity contribution in [3.63, 3.8) is 0 Å². The minimum Gasteiger partial charge on any atom is -0.497 e. The van der Waals surface area contributed by atoms with Gasteiger partial charge in [0.2, 0.25) is 5.91 Å². The van der Waals surface area contributed by atoms with Crippen molar-refractivity contribution in [1.29, 1.82) is 0 Å². The van der Waals surface area contributed by atoms with Crippen molar-refractivity contribution in [3.05, 3.63) is 29.8 Å². The zero-order valence-electron chi connectivity index (χ0n) is 15.4. The molecule has 2 atom stereocenters. The summed E-state index contributed by atoms with van der Waals surface area (Å²) in [6.45, 7) is 5.98. The molecule has 6 heteroatoms. The van der Waals surface area contributed by atoms with E-state index in [9.17, 15) is 9.59 Å². The fraction of sp³-hybridized carbons (Fsp3) is 0.579. The standard InChI is InChI=1S/C19H29N3O3/c1-4-14(2)17(21-19(24)22-11-5-6-12-22)18(23)20-13-15-7-9-16(25-3)10-8-15/h7-10,14,17H,4-6,11-13H2,1-3H3,(H,20,23)(H,21,24)/t14-,17+/m1/s1. The smallest absolute Gasteiger partial charge is 0.318 e. The highest BCUT2D eigenvalue weighted by Crippen LogP contribution is 2.13. The Balaban J connectivity index is 1.93. The van der Waals surface area contributed by atoms with Gasteiger partial charge in [-0.25, -0.2) is 4.79 Å². The monoisotopic (exact) mass is 347 g/mol. The van der Waals surface area contributed by atoms with Crippen molar-refractivity contribution in [1.82, 2.24) is 15.5 Å². The number of nitrogens with one attached hydrogen (secondary N) is 2. The maximum Gasteiger partial charge on any atom is 0.318 e. The number of ether oxygens (including phenoxy) is 1. The summed E-state index contributed by atoms with van der Waals surface area (Å²) in [5, 5.41) is 5.85. The Kier molecular flexibility index (Phi) is 7.10. The minimum absolute atomic E-state index is 0.0717. The van der Waals surface area contributed by atoms with Crippen LogP contribution in [0, 0.1) is 5.92 Å². The minimum atomic E-state index is -0.517. The predicted octanol–water partition coefficient (Wildman–Crippen LogP) is 2.53. The van der Waals surface area contributed by atoms with Gasteiger partial charge >= 0.3 is 6.03 Å². The molecule has 0 spiro atoms. The van der Waals surface area contributed by atoms with Gasteiger partial charge in [-0.2, -0.15) is 0 Å². The first-order valence-corrected chi connectivity index (χ1v) is 9.01. The molecule has 1 heterocycles. The molecule has 138 valence electrons. The highest BCUT2D eigenvalue weighted by Gasteiger charge is 2.28. The van der Waals surface area contributed by atoms with E-state index in [0.29, 0.717) is 6.54 Å². The molecule has 1 aliphatic rings. The molecule has 2 rings (SSSR count). The number of likely N-dealkylation sites (tertiary alicyclic amines) is 1. The molecular weight excluding hydrogens is 318 g/mol. The lowest BCUT2D eigenvalue weighted by atomic mass is 9.98. The van der Waals surface area contributed by atoms with Crippen LogP contribution >= 0.6 is 0 Å². The molecule has 0 radical (unpaired) electrons. The van der Waals surface area contributed by atoms with Gasteiger partial charge in [0.25, 0.3) is 0 Å². The summed E-state index contributed by atoms with van der Waals surface area (Å²) < 4.78 is 5.13. The first-order chi connectivity index (χ1) is 12.0. The topological polar surface area (TPSA) is 70.7 Å². The van der Waals surface area contributed by atoms with E-state index in [1.807, 2.05) is 38.1 Å². The third-order valence-corrected chi connectivity index (χ3v) is 4.79. The number of carbonyl (C=O) groups is 2. The van der Waals surface area contributed by atoms with E-state index in [0.717, 1.165) is 43.7 Å². The van der Waals surface area contributed by atoms with Crippen LogP contribution in [0.4, 0.5) is 4.79 Å². The fourth-order valence-electron chi connectivity index (χ4n) is 2.89. The van der Waals surface area contributed by atoms with Gasteiger partial charge in [0.05, 0.1) is 7.11 Å². The van der Waals surface area contributed by atoms with Crippen LogP contribution in [0.2, 0.25) is 0 Å². The van der Waals surface area contributed by atoms with E-state index in [2.05, 4.69) is 10.6 Å². The van der Waals surface area contributed by atoms with Crippen LogP contribution in [0.1, 0.15) is 38.7 Å². The number of urea groups is 1. The lowest BCUT2D eigenvalue weighted by Gasteiger charge is -2.26. The predicted molar refractivity (Wildman–Crippen MR) is 97.4 cm³/mol. The highest BCUT2D eigenvalue weighted by atomic mass is 16.5. The lowest BCUT2D eigenvalue weighted by Crippen LogP contribution is -2.53. The SMILES string of the molecule is CC[C@@H](C)[C@H](NC(=O)N1CCCC1)C(=O)NCc1ccc(OC)cc1. The third kappa shape index (κ3) is 5.37. The second kappa shape index (κ2) is 9.30. The number of hydrogen-bond acceptors (Lipinski definition) is 3. The lowest BCUT2D eigenvalue weighted by molar-refractivity contribution is -0.124. The Morgan fingerprint density at radius 3 is 2.40 bits per heavy atom. The van der Waals surface area contributed by atoms with Gasteiger partial charge in [-0.3, -0.25) is 4.79 Å². The van der Waals surface area contributed by atoms with Gasteiger partial charge in [0.1, 0.15) is 11.8 Å². The maximum absolute atomic E-state index is 12.6. The second-order valence-electron chi connectivity index (χ2n) is 6.57. The molecule has 0 aliphatic carbocycles. The average Bonchev–Trinajstić information content (AvgIpc) is 3.18. The zero-order chi connectivity index (χ0) is 18.2. The van der Waals surface area contributed by atoms with E-state index in [1.165, 1.54) is 0 Å². The molecule has 1 aliphatic heterocycles. The summed E-state index contributed by atoms with van der Waals surface area (Å²) in [6, 6.07) is 6.91. The number of methoxy groups -OCH3 is 1. The van der Waals surface area contributed by atoms with Crippen LogP contribution in [0.15, 0.2) is 24.3 Å². The van der Waals surface area contributed by atoms with Crippen LogP contribution < -0.4 is 15.4 Å². The van der Waals surface area contributed by atoms with Crippen LogP contribution in [0.25, 0.3) is 0 Å². The summed E-state index contributed by atoms with van der Waals surface area (Å²) in [5.41, 5.74) is 0.989. The van der Waals surface area contributed by atoms with Crippen molar-refractivity contribution in [2.75, 3.05) is 20.2 Å². The molecule has 25 heavy (non-hydrogen) atoms. The number of carbonyl (C=O) groups excluding carboxylic acids is 2. The van der Waals surface area contributed by atoms with Crippen molar-refractivity contribution < 1.29 is 14.3 Å². The van der Waals surface area contributed by atoms with Gasteiger partial charge in [-0.1, -0.05) is 32.4 Å². The molecule has 1 fully saturated rings. The average molecular weight is 347 g/mol. The molecule has 6 nitrogen and oxygen atoms in total. The van der Waals surface area contributed by atoms with Crippen LogP contribution in [-0.2, 0) is 11.3 Å². The van der Waals surface area contributed by atoms with Gasteiger partial charge in [-0.05, 0) is 36.5 Å². The Labute approximate surface area is 149 Å². The number of hydrogen-bond donors (Lipinski definition) is 2. The van der Waals surface area contributed by atoms with Crippen molar-refractivity contribution in [3.8, 4) is 5.75 Å². The zero-order valence-corrected chi connectivity index (χ0v) is 15.4. The second-order valence-corrected chi connectivity index (χ2v) is 6.57. The van der Waals surface area contributed by atoms with Crippen molar-refractivity contribution in [2.45, 2.75) is 45.7 Å². The van der Waals surface area contributed by atoms with Gasteiger partial charge in [0.15, 0.2) is 0 Å². The van der Waals surface area contributed by atoms with E-state index < -0.39 is 6.04 Å². The molecule has 0 aromatic heterocycles. The molecule has 0 saturated carbocycles. The van der Waals surface area contributed by atoms with E-state index in [-0.39, 0.29) is 17.9 Å². The Morgan fingerprint density at radius 1 is 1.20 bits per heavy atom. The number of rotatable bonds is 7. The van der Waals surface area contributed by atoms with Gasteiger partial charge in [0, 0.05) is 19.6 Å². The molecule has 1 saturated heterocycles. The Morgan fingerprint density at radius 2 is 1.84 bits per heavy atom. The molecule has 0 unspecified atom stereocenters. The normalized spacial score (nSPS) is 16.2. The summed E-state index contributed by atoms with van der Waals surface area (Å²) in [5.74, 6) is 0.713. The Bertz CT molecular complexity index is 568. The van der Waals surface area contributed by atoms with E-state index in [4.69, 9.17) is 4.74 Å². The number of nitrogens with zero attached hydrogens (tertiary/aromatic N) is 1. The largest absolute Gasteiger partial charge is 0.497 e. The van der Waals surface area contributed by atoms with E-state index >= 15 is 0 Å². The molecule has 0 bridgehead atoms. The summed E-state index contributed by atoms with van der Waals surface area (Å²) >= 11 is 0. The highest BCUT2D eigenvalue weighted by molar-refractivity contribution is 5.87. The van der Waals surface area contributed by atoms with Gasteiger partial charge < -0.3 is 20.3 Å². The fourth-order valence-corrected chi connectivity index (χ4v) is 2.89. The third-order valence-electron chi connectivity index (χ3n) is 4.79. The van der Waals surface area contributed by atoms with Gasteiger partial charge in [-0.15, -0.1) is 0 Å². The summed E-state index contributed by atoms with van der Waals surface area (Å²) in [6.07, 6.45) is 2.89. The van der Waals surface area contributed by atoms with Crippen molar-refractivity contribution >= 4 is 11.9 Å². The molecule has 3 amide bonds. The van der Waals surface area contributed by atoms with Crippen molar-refractivity contribution in [2.24, 2.45) is 5.92 Å². The summed E-state index contributed by atoms with van der Waals surface area (Å²) in [7, 11) is 1.62. The first-order valence-electron chi connectivity index (χ1n) is 9.01. The van der Waals surface area contributed by atoms with Crippen LogP contribution in [0.5, 0.6) is 5.75 Å². The molecule has 1 aromatic carbocycles. The molecule has 1 aromatic rings.